The second-order valence-electron chi connectivity index (χ2n) is 6.62. The van der Waals surface area contributed by atoms with E-state index in [2.05, 4.69) is 10.4 Å². The minimum atomic E-state index is -0.557. The summed E-state index contributed by atoms with van der Waals surface area (Å²) in [6, 6.07) is 11.6. The Bertz CT molecular complexity index is 956. The number of benzene rings is 1. The van der Waals surface area contributed by atoms with E-state index in [1.165, 1.54) is 11.8 Å². The summed E-state index contributed by atoms with van der Waals surface area (Å²) in [7, 11) is 0. The van der Waals surface area contributed by atoms with E-state index in [0.717, 1.165) is 5.56 Å². The van der Waals surface area contributed by atoms with Crippen molar-refractivity contribution >= 4 is 11.9 Å². The molecule has 146 valence electrons. The van der Waals surface area contributed by atoms with Gasteiger partial charge in [-0.05, 0) is 38.5 Å². The van der Waals surface area contributed by atoms with Gasteiger partial charge in [-0.1, -0.05) is 29.8 Å². The quantitative estimate of drug-likeness (QED) is 0.636. The molecule has 3 aromatic rings. The largest absolute Gasteiger partial charge is 0.467 e. The van der Waals surface area contributed by atoms with Crippen LogP contribution in [0, 0.1) is 20.8 Å². The molecule has 0 spiro atoms. The molecule has 2 heterocycles. The summed E-state index contributed by atoms with van der Waals surface area (Å²) in [4.78, 5) is 24.3. The van der Waals surface area contributed by atoms with Crippen LogP contribution in [0.2, 0.25) is 0 Å². The van der Waals surface area contributed by atoms with E-state index in [-0.39, 0.29) is 13.2 Å². The van der Waals surface area contributed by atoms with Gasteiger partial charge in [-0.3, -0.25) is 9.48 Å². The topological polar surface area (TPSA) is 86.4 Å². The highest BCUT2D eigenvalue weighted by Crippen LogP contribution is 2.16. The van der Waals surface area contributed by atoms with Crippen molar-refractivity contribution in [1.29, 1.82) is 0 Å². The number of ether oxygens (including phenoxy) is 1. The Morgan fingerprint density at radius 1 is 1.14 bits per heavy atom. The number of carbonyl (C=O) groups is 2. The normalized spacial score (nSPS) is 10.7. The van der Waals surface area contributed by atoms with Crippen LogP contribution in [0.5, 0.6) is 0 Å². The predicted octanol–water partition coefficient (Wildman–Crippen LogP) is 2.92. The molecule has 0 aliphatic heterocycles. The van der Waals surface area contributed by atoms with Crippen molar-refractivity contribution < 1.29 is 18.7 Å². The number of aryl methyl sites for hydroxylation is 2. The van der Waals surface area contributed by atoms with Gasteiger partial charge in [0.1, 0.15) is 11.3 Å². The van der Waals surface area contributed by atoms with Crippen molar-refractivity contribution in [2.75, 3.05) is 6.61 Å². The zero-order valence-corrected chi connectivity index (χ0v) is 16.2. The number of aromatic nitrogens is 2. The Morgan fingerprint density at radius 2 is 1.89 bits per heavy atom. The third kappa shape index (κ3) is 4.68. The maximum absolute atomic E-state index is 12.5. The first-order chi connectivity index (χ1) is 13.4. The summed E-state index contributed by atoms with van der Waals surface area (Å²) in [5.74, 6) is -0.325. The van der Waals surface area contributed by atoms with Crippen LogP contribution in [0.4, 0.5) is 0 Å². The van der Waals surface area contributed by atoms with Gasteiger partial charge in [0, 0.05) is 0 Å². The molecule has 7 nitrogen and oxygen atoms in total. The summed E-state index contributed by atoms with van der Waals surface area (Å²) in [5, 5.41) is 7.08. The van der Waals surface area contributed by atoms with Crippen LogP contribution in [0.15, 0.2) is 47.1 Å². The standard InChI is InChI=1S/C21H23N3O4/c1-14-6-8-17(9-7-14)12-24-16(3)20(15(2)23-24)21(26)28-13-19(25)22-11-18-5-4-10-27-18/h4-10H,11-13H2,1-3H3,(H,22,25). The zero-order chi connectivity index (χ0) is 20.1. The maximum atomic E-state index is 12.5. The van der Waals surface area contributed by atoms with E-state index in [4.69, 9.17) is 9.15 Å². The number of esters is 1. The molecule has 0 bridgehead atoms. The van der Waals surface area contributed by atoms with Gasteiger partial charge in [0.15, 0.2) is 6.61 Å². The molecule has 0 aliphatic carbocycles. The third-order valence-corrected chi connectivity index (χ3v) is 4.41. The molecule has 0 atom stereocenters. The van der Waals surface area contributed by atoms with Crippen LogP contribution in [-0.4, -0.2) is 28.3 Å². The van der Waals surface area contributed by atoms with Crippen LogP contribution >= 0.6 is 0 Å². The van der Waals surface area contributed by atoms with Gasteiger partial charge in [-0.2, -0.15) is 5.10 Å². The molecule has 0 saturated heterocycles. The fourth-order valence-corrected chi connectivity index (χ4v) is 2.87. The van der Waals surface area contributed by atoms with Gasteiger partial charge in [0.25, 0.3) is 5.91 Å². The molecule has 1 N–H and O–H groups in total. The molecule has 0 radical (unpaired) electrons. The molecule has 0 aliphatic rings. The number of carbonyl (C=O) groups excluding carboxylic acids is 2. The van der Waals surface area contributed by atoms with Gasteiger partial charge in [-0.25, -0.2) is 4.79 Å². The van der Waals surface area contributed by atoms with Gasteiger partial charge in [0.2, 0.25) is 0 Å². The van der Waals surface area contributed by atoms with Crippen molar-refractivity contribution in [3.8, 4) is 0 Å². The van der Waals surface area contributed by atoms with Crippen LogP contribution in [0.1, 0.15) is 38.6 Å². The van der Waals surface area contributed by atoms with Crippen LogP contribution < -0.4 is 5.32 Å². The predicted molar refractivity (Wildman–Crippen MR) is 103 cm³/mol. The fourth-order valence-electron chi connectivity index (χ4n) is 2.87. The number of amides is 1. The summed E-state index contributed by atoms with van der Waals surface area (Å²) >= 11 is 0. The average molecular weight is 381 g/mol. The molecule has 28 heavy (non-hydrogen) atoms. The van der Waals surface area contributed by atoms with Crippen molar-refractivity contribution in [3.63, 3.8) is 0 Å². The summed E-state index contributed by atoms with van der Waals surface area (Å²) in [6.07, 6.45) is 1.53. The highest BCUT2D eigenvalue weighted by Gasteiger charge is 2.21. The van der Waals surface area contributed by atoms with Gasteiger partial charge >= 0.3 is 5.97 Å². The number of nitrogens with one attached hydrogen (secondary N) is 1. The number of hydrogen-bond donors (Lipinski definition) is 1. The summed E-state index contributed by atoms with van der Waals surface area (Å²) < 4.78 is 12.1. The molecule has 7 heteroatoms. The first-order valence-corrected chi connectivity index (χ1v) is 9.00. The SMILES string of the molecule is Cc1ccc(Cn2nc(C)c(C(=O)OCC(=O)NCc3ccco3)c2C)cc1. The van der Waals surface area contributed by atoms with E-state index in [1.807, 2.05) is 38.1 Å². The van der Waals surface area contributed by atoms with E-state index in [0.29, 0.717) is 29.3 Å². The molecule has 0 saturated carbocycles. The monoisotopic (exact) mass is 381 g/mol. The fraction of sp³-hybridized carbons (Fsp3) is 0.286. The third-order valence-electron chi connectivity index (χ3n) is 4.41. The van der Waals surface area contributed by atoms with Crippen molar-refractivity contribution in [2.24, 2.45) is 0 Å². The average Bonchev–Trinajstić information content (AvgIpc) is 3.28. The second-order valence-corrected chi connectivity index (χ2v) is 6.62. The lowest BCUT2D eigenvalue weighted by Gasteiger charge is -2.07. The molecule has 3 rings (SSSR count). The van der Waals surface area contributed by atoms with Crippen molar-refractivity contribution in [3.05, 3.63) is 76.5 Å². The van der Waals surface area contributed by atoms with E-state index in [1.54, 1.807) is 23.7 Å². The zero-order valence-electron chi connectivity index (χ0n) is 16.2. The van der Waals surface area contributed by atoms with Gasteiger partial charge in [-0.15, -0.1) is 0 Å². The van der Waals surface area contributed by atoms with Crippen LogP contribution in [-0.2, 0) is 22.6 Å². The molecular weight excluding hydrogens is 358 g/mol. The lowest BCUT2D eigenvalue weighted by Crippen LogP contribution is -2.28. The van der Waals surface area contributed by atoms with Gasteiger partial charge < -0.3 is 14.5 Å². The molecule has 0 fully saturated rings. The molecule has 2 aromatic heterocycles. The number of furan rings is 1. The smallest absolute Gasteiger partial charge is 0.342 e. The van der Waals surface area contributed by atoms with E-state index >= 15 is 0 Å². The first-order valence-electron chi connectivity index (χ1n) is 9.00. The highest BCUT2D eigenvalue weighted by molar-refractivity contribution is 5.93. The number of nitrogens with zero attached hydrogens (tertiary/aromatic N) is 2. The molecule has 1 aromatic carbocycles. The van der Waals surface area contributed by atoms with Crippen LogP contribution in [0.3, 0.4) is 0 Å². The Balaban J connectivity index is 1.59. The minimum absolute atomic E-state index is 0.246. The Hall–Kier alpha value is -3.35. The number of hydrogen-bond acceptors (Lipinski definition) is 5. The number of rotatable bonds is 7. The van der Waals surface area contributed by atoms with Crippen molar-refractivity contribution in [1.82, 2.24) is 15.1 Å². The lowest BCUT2D eigenvalue weighted by atomic mass is 10.1. The summed E-state index contributed by atoms with van der Waals surface area (Å²) in [5.41, 5.74) is 3.95. The Morgan fingerprint density at radius 3 is 2.57 bits per heavy atom. The van der Waals surface area contributed by atoms with E-state index in [9.17, 15) is 9.59 Å². The minimum Gasteiger partial charge on any atom is -0.467 e. The summed E-state index contributed by atoms with van der Waals surface area (Å²) in [6.45, 7) is 6.06. The molecule has 0 unspecified atom stereocenters. The Kier molecular flexibility index (Phi) is 5.93. The molecular formula is C21H23N3O4. The molecule has 1 amide bonds. The van der Waals surface area contributed by atoms with Crippen LogP contribution in [0.25, 0.3) is 0 Å². The van der Waals surface area contributed by atoms with E-state index < -0.39 is 11.9 Å². The Labute approximate surface area is 163 Å². The van der Waals surface area contributed by atoms with Gasteiger partial charge in [0.05, 0.1) is 30.7 Å². The maximum Gasteiger partial charge on any atom is 0.342 e. The lowest BCUT2D eigenvalue weighted by molar-refractivity contribution is -0.124. The highest BCUT2D eigenvalue weighted by atomic mass is 16.5. The first kappa shape index (κ1) is 19.4. The van der Waals surface area contributed by atoms with Crippen molar-refractivity contribution in [2.45, 2.75) is 33.9 Å². The second kappa shape index (κ2) is 8.56.